The highest BCUT2D eigenvalue weighted by atomic mass is 19.4. The van der Waals surface area contributed by atoms with E-state index in [9.17, 15) is 22.8 Å². The summed E-state index contributed by atoms with van der Waals surface area (Å²) in [5.74, 6) is -1.24. The van der Waals surface area contributed by atoms with Crippen LogP contribution < -0.4 is 21.1 Å². The molecule has 0 aliphatic rings. The molecule has 218 valence electrons. The molecule has 10 heteroatoms. The third-order valence-electron chi connectivity index (χ3n) is 6.58. The lowest BCUT2D eigenvalue weighted by Crippen LogP contribution is -2.40. The number of ketones is 1. The number of carbonyl (C=O) groups is 2. The highest BCUT2D eigenvalue weighted by Gasteiger charge is 2.31. The lowest BCUT2D eigenvalue weighted by atomic mass is 9.95. The van der Waals surface area contributed by atoms with Crippen LogP contribution in [0.15, 0.2) is 78.9 Å². The third kappa shape index (κ3) is 11.1. The molecule has 1 amide bonds. The maximum Gasteiger partial charge on any atom is 0.573 e. The van der Waals surface area contributed by atoms with E-state index in [1.54, 1.807) is 37.3 Å². The van der Waals surface area contributed by atoms with Crippen LogP contribution in [0.5, 0.6) is 5.75 Å². The van der Waals surface area contributed by atoms with E-state index >= 15 is 0 Å². The molecule has 7 nitrogen and oxygen atoms in total. The van der Waals surface area contributed by atoms with Gasteiger partial charge in [0.05, 0.1) is 6.04 Å². The number of hydrogen-bond acceptors (Lipinski definition) is 5. The molecule has 5 N–H and O–H groups in total. The first-order chi connectivity index (χ1) is 19.5. The predicted octanol–water partition coefficient (Wildman–Crippen LogP) is 4.91. The van der Waals surface area contributed by atoms with Crippen LogP contribution in [-0.4, -0.2) is 36.5 Å². The van der Waals surface area contributed by atoms with Gasteiger partial charge in [-0.1, -0.05) is 73.7 Å². The molecule has 0 radical (unpaired) electrons. The standard InChI is InChI=1S/C31H35F3N4O3/c1-21(30(40)38-20-24-10-13-25(14-11-24)29(35)36)18-28(39)27(15-12-22-6-3-2-4-7-22)37-17-16-23-8-5-9-26(19-23)41-31(32,33)34/h2-11,13-14,19,21,27,37H,12,15-18,20H2,1H3,(H3,35,36)(H,38,40)/t21-,27-/m1/s1. The Morgan fingerprint density at radius 3 is 2.27 bits per heavy atom. The Balaban J connectivity index is 1.56. The number of ether oxygens (including phenoxy) is 1. The number of amides is 1. The van der Waals surface area contributed by atoms with Crippen LogP contribution in [-0.2, 0) is 29.0 Å². The summed E-state index contributed by atoms with van der Waals surface area (Å²) in [5.41, 5.74) is 8.62. The fraction of sp³-hybridized carbons (Fsp3) is 0.323. The molecule has 41 heavy (non-hydrogen) atoms. The van der Waals surface area contributed by atoms with E-state index < -0.39 is 18.3 Å². The molecule has 0 spiro atoms. The van der Waals surface area contributed by atoms with Gasteiger partial charge in [-0.2, -0.15) is 0 Å². The van der Waals surface area contributed by atoms with Gasteiger partial charge in [0.1, 0.15) is 11.6 Å². The van der Waals surface area contributed by atoms with E-state index in [1.807, 2.05) is 30.3 Å². The van der Waals surface area contributed by atoms with Crippen LogP contribution >= 0.6 is 0 Å². The average Bonchev–Trinajstić information content (AvgIpc) is 2.93. The van der Waals surface area contributed by atoms with E-state index in [4.69, 9.17) is 11.1 Å². The van der Waals surface area contributed by atoms with E-state index in [0.29, 0.717) is 36.9 Å². The molecule has 0 saturated carbocycles. The summed E-state index contributed by atoms with van der Waals surface area (Å²) in [6.07, 6.45) is -3.18. The first-order valence-electron chi connectivity index (χ1n) is 13.4. The van der Waals surface area contributed by atoms with Gasteiger partial charge in [0, 0.05) is 24.4 Å². The Labute approximate surface area is 237 Å². The number of nitrogens with two attached hydrogens (primary N) is 1. The Hall–Kier alpha value is -4.18. The third-order valence-corrected chi connectivity index (χ3v) is 6.58. The number of halogens is 3. The molecule has 3 rings (SSSR count). The van der Waals surface area contributed by atoms with Crippen molar-refractivity contribution in [2.75, 3.05) is 6.54 Å². The minimum atomic E-state index is -4.77. The highest BCUT2D eigenvalue weighted by Crippen LogP contribution is 2.23. The van der Waals surface area contributed by atoms with Crippen LogP contribution in [0, 0.1) is 11.3 Å². The predicted molar refractivity (Wildman–Crippen MR) is 151 cm³/mol. The Morgan fingerprint density at radius 1 is 0.927 bits per heavy atom. The van der Waals surface area contributed by atoms with E-state index in [2.05, 4.69) is 15.4 Å². The zero-order chi connectivity index (χ0) is 29.8. The van der Waals surface area contributed by atoms with Gasteiger partial charge >= 0.3 is 6.36 Å². The van der Waals surface area contributed by atoms with Crippen molar-refractivity contribution in [3.8, 4) is 5.75 Å². The fourth-order valence-corrected chi connectivity index (χ4v) is 4.32. The molecule has 3 aromatic carbocycles. The Morgan fingerprint density at radius 2 is 1.61 bits per heavy atom. The number of hydrogen-bond donors (Lipinski definition) is 4. The van der Waals surface area contributed by atoms with Crippen molar-refractivity contribution in [3.05, 3.63) is 101 Å². The van der Waals surface area contributed by atoms with Gasteiger partial charge in [-0.15, -0.1) is 13.2 Å². The van der Waals surface area contributed by atoms with Crippen molar-refractivity contribution >= 4 is 17.5 Å². The van der Waals surface area contributed by atoms with Crippen molar-refractivity contribution in [1.82, 2.24) is 10.6 Å². The van der Waals surface area contributed by atoms with E-state index in [-0.39, 0.29) is 36.2 Å². The summed E-state index contributed by atoms with van der Waals surface area (Å²) in [6.45, 7) is 2.34. The number of alkyl halides is 3. The lowest BCUT2D eigenvalue weighted by Gasteiger charge is -2.20. The minimum Gasteiger partial charge on any atom is -0.406 e. The van der Waals surface area contributed by atoms with Crippen molar-refractivity contribution in [3.63, 3.8) is 0 Å². The van der Waals surface area contributed by atoms with Crippen LogP contribution in [0.1, 0.15) is 42.0 Å². The minimum absolute atomic E-state index is 0.0351. The fourth-order valence-electron chi connectivity index (χ4n) is 4.32. The van der Waals surface area contributed by atoms with E-state index in [1.165, 1.54) is 18.2 Å². The number of rotatable bonds is 15. The molecule has 0 heterocycles. The molecule has 0 aliphatic carbocycles. The summed E-state index contributed by atoms with van der Waals surface area (Å²) in [5, 5.41) is 13.6. The smallest absolute Gasteiger partial charge is 0.406 e. The zero-order valence-electron chi connectivity index (χ0n) is 22.8. The zero-order valence-corrected chi connectivity index (χ0v) is 22.8. The maximum atomic E-state index is 13.3. The number of nitrogens with one attached hydrogen (secondary N) is 3. The molecule has 0 fully saturated rings. The largest absolute Gasteiger partial charge is 0.573 e. The van der Waals surface area contributed by atoms with Crippen LogP contribution in [0.4, 0.5) is 13.2 Å². The highest BCUT2D eigenvalue weighted by molar-refractivity contribution is 5.94. The molecule has 3 aromatic rings. The summed E-state index contributed by atoms with van der Waals surface area (Å²) < 4.78 is 41.7. The number of Topliss-reactive ketones (excluding diaryl/α,β-unsaturated/α-hetero) is 1. The monoisotopic (exact) mass is 568 g/mol. The van der Waals surface area contributed by atoms with Gasteiger partial charge in [-0.3, -0.25) is 15.0 Å². The molecule has 0 aliphatic heterocycles. The number of nitrogen functional groups attached to an aromatic ring is 1. The molecule has 0 unspecified atom stereocenters. The molecule has 2 atom stereocenters. The summed E-state index contributed by atoms with van der Waals surface area (Å²) in [4.78, 5) is 26.0. The summed E-state index contributed by atoms with van der Waals surface area (Å²) in [6, 6.07) is 21.9. The van der Waals surface area contributed by atoms with Gasteiger partial charge in [0.2, 0.25) is 5.91 Å². The second kappa shape index (κ2) is 15.0. The van der Waals surface area contributed by atoms with Gasteiger partial charge in [-0.05, 0) is 54.6 Å². The number of amidine groups is 1. The van der Waals surface area contributed by atoms with Crippen LogP contribution in [0.3, 0.4) is 0 Å². The first-order valence-corrected chi connectivity index (χ1v) is 13.4. The average molecular weight is 569 g/mol. The molecule has 0 saturated heterocycles. The SMILES string of the molecule is C[C@H](CC(=O)[C@@H](CCc1ccccc1)NCCc1cccc(OC(F)(F)F)c1)C(=O)NCc1ccc(C(=N)N)cc1. The molecule has 0 bridgehead atoms. The topological polar surface area (TPSA) is 117 Å². The van der Waals surface area contributed by atoms with Gasteiger partial charge in [0.15, 0.2) is 5.78 Å². The van der Waals surface area contributed by atoms with Gasteiger partial charge in [0.25, 0.3) is 0 Å². The Bertz CT molecular complexity index is 1300. The second-order valence-corrected chi connectivity index (χ2v) is 9.88. The molecular formula is C31H35F3N4O3. The lowest BCUT2D eigenvalue weighted by molar-refractivity contribution is -0.274. The Kier molecular flexibility index (Phi) is 11.5. The van der Waals surface area contributed by atoms with Gasteiger partial charge < -0.3 is 21.1 Å². The first kappa shape index (κ1) is 31.3. The second-order valence-electron chi connectivity index (χ2n) is 9.88. The quantitative estimate of drug-likeness (QED) is 0.154. The summed E-state index contributed by atoms with van der Waals surface area (Å²) in [7, 11) is 0. The summed E-state index contributed by atoms with van der Waals surface area (Å²) >= 11 is 0. The van der Waals surface area contributed by atoms with Crippen molar-refractivity contribution in [2.24, 2.45) is 11.7 Å². The van der Waals surface area contributed by atoms with E-state index in [0.717, 1.165) is 11.1 Å². The van der Waals surface area contributed by atoms with Crippen molar-refractivity contribution in [2.45, 2.75) is 51.6 Å². The maximum absolute atomic E-state index is 13.3. The van der Waals surface area contributed by atoms with Crippen molar-refractivity contribution in [1.29, 1.82) is 5.41 Å². The number of carbonyl (C=O) groups excluding carboxylic acids is 2. The van der Waals surface area contributed by atoms with Gasteiger partial charge in [-0.25, -0.2) is 0 Å². The molecular weight excluding hydrogens is 533 g/mol. The number of aryl methyl sites for hydroxylation is 1. The molecule has 0 aromatic heterocycles. The van der Waals surface area contributed by atoms with Crippen molar-refractivity contribution < 1.29 is 27.5 Å². The number of benzene rings is 3. The van der Waals surface area contributed by atoms with Crippen LogP contribution in [0.2, 0.25) is 0 Å². The van der Waals surface area contributed by atoms with Crippen LogP contribution in [0.25, 0.3) is 0 Å². The normalized spacial score (nSPS) is 12.8.